The third-order valence-corrected chi connectivity index (χ3v) is 6.20. The lowest BCUT2D eigenvalue weighted by Crippen LogP contribution is -2.11. The van der Waals surface area contributed by atoms with E-state index < -0.39 is 0 Å². The minimum absolute atomic E-state index is 0.210. The van der Waals surface area contributed by atoms with Gasteiger partial charge in [-0.3, -0.25) is 9.78 Å². The van der Waals surface area contributed by atoms with E-state index in [-0.39, 0.29) is 12.4 Å². The molecule has 4 nitrogen and oxygen atoms in total. The number of fused-ring (bicyclic) bond motifs is 1. The zero-order valence-electron chi connectivity index (χ0n) is 18.1. The van der Waals surface area contributed by atoms with Gasteiger partial charge in [0, 0.05) is 23.6 Å². The molecule has 2 heterocycles. The Balaban J connectivity index is 1.87. The van der Waals surface area contributed by atoms with Crippen LogP contribution in [-0.4, -0.2) is 24.2 Å². The van der Waals surface area contributed by atoms with Crippen LogP contribution in [0, 0.1) is 13.8 Å². The summed E-state index contributed by atoms with van der Waals surface area (Å²) in [6.07, 6.45) is 2.99. The highest BCUT2D eigenvalue weighted by Crippen LogP contribution is 2.42. The zero-order chi connectivity index (χ0) is 21.5. The molecule has 3 aromatic carbocycles. The number of hydrogen-bond acceptors (Lipinski definition) is 4. The van der Waals surface area contributed by atoms with E-state index in [1.54, 1.807) is 0 Å². The van der Waals surface area contributed by atoms with E-state index in [4.69, 9.17) is 14.5 Å². The number of ether oxygens (including phenoxy) is 2. The quantitative estimate of drug-likeness (QED) is 0.404. The maximum atomic E-state index is 12.5. The van der Waals surface area contributed by atoms with Gasteiger partial charge in [-0.15, -0.1) is 0 Å². The number of rotatable bonds is 4. The van der Waals surface area contributed by atoms with E-state index in [1.807, 2.05) is 19.2 Å². The smallest absolute Gasteiger partial charge is 0.310 e. The summed E-state index contributed by atoms with van der Waals surface area (Å²) in [5.74, 6) is 0.672. The Morgan fingerprint density at radius 3 is 2.81 bits per heavy atom. The topological polar surface area (TPSA) is 48.4 Å². The summed E-state index contributed by atoms with van der Waals surface area (Å²) in [6.45, 7) is 7.10. The van der Waals surface area contributed by atoms with Crippen LogP contribution in [0.2, 0.25) is 0 Å². The zero-order valence-corrected chi connectivity index (χ0v) is 18.1. The highest BCUT2D eigenvalue weighted by Gasteiger charge is 2.22. The average molecular weight is 412 g/mol. The lowest BCUT2D eigenvalue weighted by molar-refractivity contribution is -0.142. The van der Waals surface area contributed by atoms with Crippen molar-refractivity contribution in [1.29, 1.82) is 0 Å². The maximum Gasteiger partial charge on any atom is 0.310 e. The second-order valence-corrected chi connectivity index (χ2v) is 8.10. The third-order valence-electron chi connectivity index (χ3n) is 6.20. The molecule has 0 radical (unpaired) electrons. The SMILES string of the molecule is CCOC(=O)Cc1c(C)cc2c(C)cccc2c1-c1ccc2c3c(ccnc13)CCO2. The van der Waals surface area contributed by atoms with Crippen molar-refractivity contribution in [3.8, 4) is 16.9 Å². The summed E-state index contributed by atoms with van der Waals surface area (Å²) in [4.78, 5) is 17.3. The fourth-order valence-corrected chi connectivity index (χ4v) is 4.75. The van der Waals surface area contributed by atoms with E-state index >= 15 is 0 Å². The molecule has 0 fully saturated rings. The van der Waals surface area contributed by atoms with Crippen molar-refractivity contribution in [2.45, 2.75) is 33.6 Å². The van der Waals surface area contributed by atoms with Crippen molar-refractivity contribution in [3.63, 3.8) is 0 Å². The van der Waals surface area contributed by atoms with Gasteiger partial charge < -0.3 is 9.47 Å². The monoisotopic (exact) mass is 411 g/mol. The molecule has 0 amide bonds. The Morgan fingerprint density at radius 1 is 1.10 bits per heavy atom. The van der Waals surface area contributed by atoms with Crippen LogP contribution >= 0.6 is 0 Å². The van der Waals surface area contributed by atoms with Gasteiger partial charge in [0.25, 0.3) is 0 Å². The van der Waals surface area contributed by atoms with Gasteiger partial charge in [-0.1, -0.05) is 24.3 Å². The van der Waals surface area contributed by atoms with Crippen LogP contribution in [0.25, 0.3) is 32.8 Å². The summed E-state index contributed by atoms with van der Waals surface area (Å²) in [5, 5.41) is 3.40. The maximum absolute atomic E-state index is 12.5. The lowest BCUT2D eigenvalue weighted by atomic mass is 9.86. The highest BCUT2D eigenvalue weighted by molar-refractivity contribution is 6.09. The Labute approximate surface area is 181 Å². The molecule has 0 bridgehead atoms. The van der Waals surface area contributed by atoms with Crippen molar-refractivity contribution >= 4 is 27.6 Å². The number of pyridine rings is 1. The summed E-state index contributed by atoms with van der Waals surface area (Å²) >= 11 is 0. The second kappa shape index (κ2) is 7.69. The fourth-order valence-electron chi connectivity index (χ4n) is 4.75. The molecular formula is C27H25NO3. The van der Waals surface area contributed by atoms with Crippen molar-refractivity contribution in [3.05, 3.63) is 70.9 Å². The van der Waals surface area contributed by atoms with Gasteiger partial charge in [0.1, 0.15) is 5.75 Å². The van der Waals surface area contributed by atoms with Gasteiger partial charge in [-0.25, -0.2) is 0 Å². The Bertz CT molecular complexity index is 1330. The Hall–Kier alpha value is -3.40. The standard InChI is InChI=1S/C27H25NO3/c1-4-30-24(29)15-22-17(3)14-21-16(2)6-5-7-19(21)26(22)20-8-9-23-25-18(11-13-31-23)10-12-28-27(20)25/h5-10,12,14H,4,11,13,15H2,1-3H3. The summed E-state index contributed by atoms with van der Waals surface area (Å²) in [7, 11) is 0. The Kier molecular flexibility index (Phi) is 4.85. The number of benzene rings is 3. The number of aryl methyl sites for hydroxylation is 2. The van der Waals surface area contributed by atoms with Gasteiger partial charge in [0.05, 0.1) is 25.2 Å². The van der Waals surface area contributed by atoms with E-state index in [0.29, 0.717) is 13.2 Å². The minimum Gasteiger partial charge on any atom is -0.493 e. The van der Waals surface area contributed by atoms with E-state index in [1.165, 1.54) is 16.5 Å². The number of aromatic nitrogens is 1. The molecular weight excluding hydrogens is 386 g/mol. The molecule has 0 spiro atoms. The molecule has 4 heteroatoms. The minimum atomic E-state index is -0.210. The number of hydrogen-bond donors (Lipinski definition) is 0. The number of carbonyl (C=O) groups is 1. The first-order valence-electron chi connectivity index (χ1n) is 10.8. The molecule has 5 rings (SSSR count). The van der Waals surface area contributed by atoms with Crippen molar-refractivity contribution < 1.29 is 14.3 Å². The van der Waals surface area contributed by atoms with Gasteiger partial charge >= 0.3 is 5.97 Å². The number of nitrogens with zero attached hydrogens (tertiary/aromatic N) is 1. The molecule has 156 valence electrons. The first-order valence-corrected chi connectivity index (χ1v) is 10.8. The first-order chi connectivity index (χ1) is 15.1. The van der Waals surface area contributed by atoms with E-state index in [0.717, 1.165) is 50.7 Å². The summed E-state index contributed by atoms with van der Waals surface area (Å²) in [6, 6.07) is 14.7. The average Bonchev–Trinajstić information content (AvgIpc) is 2.76. The van der Waals surface area contributed by atoms with E-state index in [2.05, 4.69) is 50.2 Å². The molecule has 0 aliphatic carbocycles. The lowest BCUT2D eigenvalue weighted by Gasteiger charge is -2.22. The van der Waals surface area contributed by atoms with Gasteiger partial charge in [-0.2, -0.15) is 0 Å². The highest BCUT2D eigenvalue weighted by atomic mass is 16.5. The molecule has 1 aliphatic heterocycles. The molecule has 0 saturated heterocycles. The van der Waals surface area contributed by atoms with Crippen LogP contribution in [0.4, 0.5) is 0 Å². The van der Waals surface area contributed by atoms with Crippen LogP contribution in [0.15, 0.2) is 48.7 Å². The summed E-state index contributed by atoms with van der Waals surface area (Å²) in [5.41, 5.74) is 7.57. The van der Waals surface area contributed by atoms with Crippen molar-refractivity contribution in [2.75, 3.05) is 13.2 Å². The predicted molar refractivity (Wildman–Crippen MR) is 124 cm³/mol. The second-order valence-electron chi connectivity index (χ2n) is 8.10. The van der Waals surface area contributed by atoms with Gasteiger partial charge in [0.15, 0.2) is 0 Å². The molecule has 1 aliphatic rings. The molecule has 31 heavy (non-hydrogen) atoms. The number of esters is 1. The predicted octanol–water partition coefficient (Wildman–Crippen LogP) is 5.71. The normalized spacial score (nSPS) is 12.7. The van der Waals surface area contributed by atoms with Crippen LogP contribution in [0.1, 0.15) is 29.2 Å². The summed E-state index contributed by atoms with van der Waals surface area (Å²) < 4.78 is 11.2. The van der Waals surface area contributed by atoms with Crippen LogP contribution in [0.3, 0.4) is 0 Å². The largest absolute Gasteiger partial charge is 0.493 e. The molecule has 1 aromatic heterocycles. The Morgan fingerprint density at radius 2 is 1.97 bits per heavy atom. The van der Waals surface area contributed by atoms with E-state index in [9.17, 15) is 4.79 Å². The van der Waals surface area contributed by atoms with Crippen molar-refractivity contribution in [1.82, 2.24) is 4.98 Å². The van der Waals surface area contributed by atoms with Crippen LogP contribution < -0.4 is 4.74 Å². The number of carbonyl (C=O) groups excluding carboxylic acids is 1. The molecule has 4 aromatic rings. The van der Waals surface area contributed by atoms with Gasteiger partial charge in [-0.05, 0) is 77.6 Å². The van der Waals surface area contributed by atoms with Gasteiger partial charge in [0.2, 0.25) is 0 Å². The van der Waals surface area contributed by atoms with Crippen molar-refractivity contribution in [2.24, 2.45) is 0 Å². The molecule has 0 atom stereocenters. The first kappa shape index (κ1) is 19.6. The third kappa shape index (κ3) is 3.23. The van der Waals surface area contributed by atoms with Crippen LogP contribution in [0.5, 0.6) is 5.75 Å². The fraction of sp³-hybridized carbons (Fsp3) is 0.259. The molecule has 0 N–H and O–H groups in total. The molecule has 0 unspecified atom stereocenters. The van der Waals surface area contributed by atoms with Crippen LogP contribution in [-0.2, 0) is 22.4 Å². The molecule has 0 saturated carbocycles.